The van der Waals surface area contributed by atoms with Crippen LogP contribution in [-0.4, -0.2) is 28.4 Å². The summed E-state index contributed by atoms with van der Waals surface area (Å²) in [6.45, 7) is 5.58. The molecular formula is C11H19N3O2. The average Bonchev–Trinajstić information content (AvgIpc) is 2.62. The van der Waals surface area contributed by atoms with Gasteiger partial charge in [-0.3, -0.25) is 14.8 Å². The molecule has 0 aliphatic rings. The van der Waals surface area contributed by atoms with Crippen molar-refractivity contribution in [1.29, 1.82) is 0 Å². The van der Waals surface area contributed by atoms with Crippen LogP contribution in [0.5, 0.6) is 0 Å². The summed E-state index contributed by atoms with van der Waals surface area (Å²) in [7, 11) is 3.26. The first-order valence-electron chi connectivity index (χ1n) is 5.22. The van der Waals surface area contributed by atoms with Crippen molar-refractivity contribution in [2.45, 2.75) is 32.4 Å². The minimum atomic E-state index is -0.710. The summed E-state index contributed by atoms with van der Waals surface area (Å²) in [5, 5.41) is 7.31. The van der Waals surface area contributed by atoms with Crippen LogP contribution in [0.15, 0.2) is 12.3 Å². The van der Waals surface area contributed by atoms with Gasteiger partial charge in [0.1, 0.15) is 5.54 Å². The normalized spacial score (nSPS) is 13.6. The van der Waals surface area contributed by atoms with Crippen LogP contribution in [-0.2, 0) is 16.6 Å². The van der Waals surface area contributed by atoms with Gasteiger partial charge in [-0.1, -0.05) is 0 Å². The molecule has 1 aromatic heterocycles. The molecular weight excluding hydrogens is 206 g/mol. The van der Waals surface area contributed by atoms with Gasteiger partial charge >= 0.3 is 5.97 Å². The van der Waals surface area contributed by atoms with Crippen LogP contribution in [0.4, 0.5) is 0 Å². The Morgan fingerprint density at radius 2 is 2.25 bits per heavy atom. The SMILES string of the molecule is COC(=O)C(C)(C)NC(C)c1ccnn1C. The fraction of sp³-hybridized carbons (Fsp3) is 0.636. The van der Waals surface area contributed by atoms with E-state index in [1.165, 1.54) is 7.11 Å². The van der Waals surface area contributed by atoms with Crippen molar-refractivity contribution in [1.82, 2.24) is 15.1 Å². The van der Waals surface area contributed by atoms with Crippen molar-refractivity contribution in [3.8, 4) is 0 Å². The van der Waals surface area contributed by atoms with Crippen LogP contribution in [0.25, 0.3) is 0 Å². The van der Waals surface area contributed by atoms with Crippen molar-refractivity contribution < 1.29 is 9.53 Å². The molecule has 0 fully saturated rings. The number of carbonyl (C=O) groups excluding carboxylic acids is 1. The molecule has 5 heteroatoms. The van der Waals surface area contributed by atoms with Gasteiger partial charge in [-0.15, -0.1) is 0 Å². The number of methoxy groups -OCH3 is 1. The molecule has 1 heterocycles. The first kappa shape index (κ1) is 12.7. The second-order valence-electron chi connectivity index (χ2n) is 4.36. The van der Waals surface area contributed by atoms with Crippen LogP contribution in [0.1, 0.15) is 32.5 Å². The Hall–Kier alpha value is -1.36. The highest BCUT2D eigenvalue weighted by Crippen LogP contribution is 2.16. The molecule has 5 nitrogen and oxygen atoms in total. The molecule has 0 saturated heterocycles. The Labute approximate surface area is 95.8 Å². The summed E-state index contributed by atoms with van der Waals surface area (Å²) >= 11 is 0. The van der Waals surface area contributed by atoms with Gasteiger partial charge in [-0.25, -0.2) is 0 Å². The van der Waals surface area contributed by atoms with E-state index in [0.717, 1.165) is 5.69 Å². The van der Waals surface area contributed by atoms with Gasteiger partial charge in [0.05, 0.1) is 12.8 Å². The van der Waals surface area contributed by atoms with Gasteiger partial charge in [0.15, 0.2) is 0 Å². The maximum absolute atomic E-state index is 11.5. The highest BCUT2D eigenvalue weighted by atomic mass is 16.5. The van der Waals surface area contributed by atoms with Crippen LogP contribution < -0.4 is 5.32 Å². The Morgan fingerprint density at radius 3 is 2.69 bits per heavy atom. The molecule has 1 aromatic rings. The number of aromatic nitrogens is 2. The Balaban J connectivity index is 2.75. The summed E-state index contributed by atoms with van der Waals surface area (Å²) in [6.07, 6.45) is 1.73. The predicted molar refractivity (Wildman–Crippen MR) is 60.9 cm³/mol. The number of carbonyl (C=O) groups is 1. The standard InChI is InChI=1S/C11H19N3O2/c1-8(9-6-7-12-14(9)4)13-11(2,3)10(15)16-5/h6-8,13H,1-5H3. The van der Waals surface area contributed by atoms with Crippen LogP contribution in [0.3, 0.4) is 0 Å². The largest absolute Gasteiger partial charge is 0.468 e. The Bertz CT molecular complexity index is 371. The number of hydrogen-bond acceptors (Lipinski definition) is 4. The summed E-state index contributed by atoms with van der Waals surface area (Å²) in [5.41, 5.74) is 0.315. The van der Waals surface area contributed by atoms with E-state index in [4.69, 9.17) is 4.74 Å². The molecule has 0 aliphatic carbocycles. The number of nitrogens with zero attached hydrogens (tertiary/aromatic N) is 2. The van der Waals surface area contributed by atoms with E-state index in [2.05, 4.69) is 10.4 Å². The topological polar surface area (TPSA) is 56.1 Å². The highest BCUT2D eigenvalue weighted by molar-refractivity contribution is 5.79. The first-order valence-corrected chi connectivity index (χ1v) is 5.22. The van der Waals surface area contributed by atoms with Crippen molar-refractivity contribution in [2.24, 2.45) is 7.05 Å². The highest BCUT2D eigenvalue weighted by Gasteiger charge is 2.30. The molecule has 1 N–H and O–H groups in total. The summed E-state index contributed by atoms with van der Waals surface area (Å²) in [6, 6.07) is 1.95. The third-order valence-corrected chi connectivity index (χ3v) is 2.58. The predicted octanol–water partition coefficient (Wildman–Crippen LogP) is 1.02. The Morgan fingerprint density at radius 1 is 1.62 bits per heavy atom. The van der Waals surface area contributed by atoms with E-state index < -0.39 is 5.54 Å². The molecule has 0 saturated carbocycles. The minimum Gasteiger partial charge on any atom is -0.468 e. The lowest BCUT2D eigenvalue weighted by atomic mass is 10.0. The lowest BCUT2D eigenvalue weighted by molar-refractivity contribution is -0.147. The molecule has 1 atom stereocenters. The number of aryl methyl sites for hydroxylation is 1. The number of rotatable bonds is 4. The van der Waals surface area contributed by atoms with Gasteiger partial charge in [0.25, 0.3) is 0 Å². The van der Waals surface area contributed by atoms with E-state index in [0.29, 0.717) is 0 Å². The molecule has 1 rings (SSSR count). The van der Waals surface area contributed by atoms with Gasteiger partial charge in [0, 0.05) is 19.3 Å². The lowest BCUT2D eigenvalue weighted by Gasteiger charge is -2.27. The lowest BCUT2D eigenvalue weighted by Crippen LogP contribution is -2.48. The van der Waals surface area contributed by atoms with E-state index in [1.54, 1.807) is 24.7 Å². The van der Waals surface area contributed by atoms with Crippen molar-refractivity contribution in [2.75, 3.05) is 7.11 Å². The van der Waals surface area contributed by atoms with Crippen molar-refractivity contribution in [3.05, 3.63) is 18.0 Å². The second-order valence-corrected chi connectivity index (χ2v) is 4.36. The van der Waals surface area contributed by atoms with E-state index in [9.17, 15) is 4.79 Å². The molecule has 0 aromatic carbocycles. The van der Waals surface area contributed by atoms with Crippen molar-refractivity contribution >= 4 is 5.97 Å². The quantitative estimate of drug-likeness (QED) is 0.777. The summed E-state index contributed by atoms with van der Waals surface area (Å²) in [5.74, 6) is -0.276. The van der Waals surface area contributed by atoms with Crippen LogP contribution in [0, 0.1) is 0 Å². The second kappa shape index (κ2) is 4.65. The van der Waals surface area contributed by atoms with E-state index in [-0.39, 0.29) is 12.0 Å². The fourth-order valence-electron chi connectivity index (χ4n) is 1.74. The zero-order valence-electron chi connectivity index (χ0n) is 10.4. The maximum Gasteiger partial charge on any atom is 0.325 e. The fourth-order valence-corrected chi connectivity index (χ4v) is 1.74. The molecule has 90 valence electrons. The zero-order chi connectivity index (χ0) is 12.3. The Kier molecular flexibility index (Phi) is 3.70. The van der Waals surface area contributed by atoms with Crippen LogP contribution in [0.2, 0.25) is 0 Å². The van der Waals surface area contributed by atoms with E-state index in [1.807, 2.05) is 20.0 Å². The smallest absolute Gasteiger partial charge is 0.325 e. The number of hydrogen-bond donors (Lipinski definition) is 1. The molecule has 0 amide bonds. The molecule has 0 radical (unpaired) electrons. The summed E-state index contributed by atoms with van der Waals surface area (Å²) in [4.78, 5) is 11.5. The molecule has 0 bridgehead atoms. The number of esters is 1. The maximum atomic E-state index is 11.5. The molecule has 0 aliphatic heterocycles. The monoisotopic (exact) mass is 225 g/mol. The molecule has 16 heavy (non-hydrogen) atoms. The van der Waals surface area contributed by atoms with Gasteiger partial charge in [-0.2, -0.15) is 5.10 Å². The first-order chi connectivity index (χ1) is 7.38. The van der Waals surface area contributed by atoms with Gasteiger partial charge in [0.2, 0.25) is 0 Å². The van der Waals surface area contributed by atoms with Gasteiger partial charge in [-0.05, 0) is 26.8 Å². The van der Waals surface area contributed by atoms with Crippen molar-refractivity contribution in [3.63, 3.8) is 0 Å². The zero-order valence-corrected chi connectivity index (χ0v) is 10.4. The number of ether oxygens (including phenoxy) is 1. The third kappa shape index (κ3) is 2.61. The minimum absolute atomic E-state index is 0.0293. The third-order valence-electron chi connectivity index (χ3n) is 2.58. The van der Waals surface area contributed by atoms with E-state index >= 15 is 0 Å². The molecule has 1 unspecified atom stereocenters. The summed E-state index contributed by atoms with van der Waals surface area (Å²) < 4.78 is 6.52. The van der Waals surface area contributed by atoms with Gasteiger partial charge < -0.3 is 4.74 Å². The average molecular weight is 225 g/mol. The number of nitrogens with one attached hydrogen (secondary N) is 1. The van der Waals surface area contributed by atoms with Crippen LogP contribution >= 0.6 is 0 Å². The molecule has 0 spiro atoms.